The average Bonchev–Trinajstić information content (AvgIpc) is 2.96. The molecule has 1 aromatic carbocycles. The zero-order valence-electron chi connectivity index (χ0n) is 14.5. The van der Waals surface area contributed by atoms with Crippen LogP contribution in [0.5, 0.6) is 5.75 Å². The highest BCUT2D eigenvalue weighted by molar-refractivity contribution is 5.89. The lowest BCUT2D eigenvalue weighted by atomic mass is 9.99. The minimum atomic E-state index is -0.201. The van der Waals surface area contributed by atoms with Crippen molar-refractivity contribution >= 4 is 11.8 Å². The number of hydrogen-bond donors (Lipinski definition) is 0. The maximum atomic E-state index is 12.8. The molecular weight excluding hydrogens is 304 g/mol. The summed E-state index contributed by atoms with van der Waals surface area (Å²) in [4.78, 5) is 28.9. The number of likely N-dealkylation sites (tertiary alicyclic amines) is 2. The van der Waals surface area contributed by atoms with Crippen molar-refractivity contribution in [3.8, 4) is 5.75 Å². The second-order valence-corrected chi connectivity index (χ2v) is 6.86. The van der Waals surface area contributed by atoms with Crippen LogP contribution in [0.3, 0.4) is 0 Å². The number of carbonyl (C=O) groups excluding carboxylic acids is 2. The minimum absolute atomic E-state index is 0.0592. The van der Waals surface area contributed by atoms with Crippen molar-refractivity contribution in [1.29, 1.82) is 0 Å². The summed E-state index contributed by atoms with van der Waals surface area (Å²) in [6.07, 6.45) is 3.66. The normalized spacial score (nSPS) is 24.3. The van der Waals surface area contributed by atoms with E-state index in [1.165, 1.54) is 6.42 Å². The average molecular weight is 330 g/mol. The lowest BCUT2D eigenvalue weighted by molar-refractivity contribution is -0.139. The molecule has 2 heterocycles. The van der Waals surface area contributed by atoms with Crippen LogP contribution < -0.4 is 4.74 Å². The maximum absolute atomic E-state index is 12.8. The molecule has 0 saturated carbocycles. The first-order chi connectivity index (χ1) is 11.6. The molecule has 0 radical (unpaired) electrons. The Morgan fingerprint density at radius 3 is 2.83 bits per heavy atom. The molecule has 0 N–H and O–H groups in total. The molecule has 2 atom stereocenters. The third-order valence-corrected chi connectivity index (χ3v) is 5.20. The summed E-state index contributed by atoms with van der Waals surface area (Å²) in [5, 5.41) is 0. The quantitative estimate of drug-likeness (QED) is 0.852. The number of benzene rings is 1. The van der Waals surface area contributed by atoms with Crippen molar-refractivity contribution in [3.63, 3.8) is 0 Å². The van der Waals surface area contributed by atoms with Crippen LogP contribution in [-0.2, 0) is 16.1 Å². The van der Waals surface area contributed by atoms with E-state index in [-0.39, 0.29) is 17.7 Å². The number of rotatable bonds is 4. The lowest BCUT2D eigenvalue weighted by Gasteiger charge is -2.35. The van der Waals surface area contributed by atoms with Gasteiger partial charge in [-0.3, -0.25) is 9.59 Å². The van der Waals surface area contributed by atoms with Crippen molar-refractivity contribution < 1.29 is 14.3 Å². The first-order valence-electron chi connectivity index (χ1n) is 8.80. The topological polar surface area (TPSA) is 49.9 Å². The summed E-state index contributed by atoms with van der Waals surface area (Å²) in [6, 6.07) is 8.01. The van der Waals surface area contributed by atoms with E-state index in [9.17, 15) is 9.59 Å². The number of piperidine rings is 1. The molecule has 0 unspecified atom stereocenters. The van der Waals surface area contributed by atoms with Gasteiger partial charge in [0, 0.05) is 37.7 Å². The predicted molar refractivity (Wildman–Crippen MR) is 91.5 cm³/mol. The molecular formula is C19H26N2O3. The number of para-hydroxylation sites is 1. The number of methoxy groups -OCH3 is 1. The van der Waals surface area contributed by atoms with Crippen LogP contribution in [0.4, 0.5) is 0 Å². The molecule has 0 spiro atoms. The van der Waals surface area contributed by atoms with Crippen LogP contribution in [0, 0.1) is 5.92 Å². The molecule has 24 heavy (non-hydrogen) atoms. The Morgan fingerprint density at radius 2 is 2.08 bits per heavy atom. The molecule has 2 amide bonds. The molecule has 5 nitrogen and oxygen atoms in total. The first kappa shape index (κ1) is 16.8. The summed E-state index contributed by atoms with van der Waals surface area (Å²) in [7, 11) is 1.63. The van der Waals surface area contributed by atoms with Crippen LogP contribution >= 0.6 is 0 Å². The zero-order chi connectivity index (χ0) is 17.1. The highest BCUT2D eigenvalue weighted by atomic mass is 16.5. The monoisotopic (exact) mass is 330 g/mol. The van der Waals surface area contributed by atoms with Crippen LogP contribution in [0.2, 0.25) is 0 Å². The van der Waals surface area contributed by atoms with Gasteiger partial charge in [0.2, 0.25) is 11.8 Å². The Kier molecular flexibility index (Phi) is 5.07. The Labute approximate surface area is 143 Å². The highest BCUT2D eigenvalue weighted by Crippen LogP contribution is 2.27. The lowest BCUT2D eigenvalue weighted by Crippen LogP contribution is -2.45. The summed E-state index contributed by atoms with van der Waals surface area (Å²) in [5.74, 6) is 0.791. The Bertz CT molecular complexity index is 616. The van der Waals surface area contributed by atoms with Gasteiger partial charge in [0.05, 0.1) is 13.0 Å². The molecule has 2 aliphatic rings. The standard InChI is InChI=1S/C19H26N2O3/c1-14-7-5-6-10-21(14)19(23)16-11-18(22)20(13-16)12-15-8-3-4-9-17(15)24-2/h3-4,8-9,14,16H,5-7,10-13H2,1-2H3/t14-,16-/m0/s1. The second-order valence-electron chi connectivity index (χ2n) is 6.86. The van der Waals surface area contributed by atoms with Crippen molar-refractivity contribution in [3.05, 3.63) is 29.8 Å². The van der Waals surface area contributed by atoms with Crippen molar-refractivity contribution in [2.75, 3.05) is 20.2 Å². The largest absolute Gasteiger partial charge is 0.496 e. The molecule has 0 aromatic heterocycles. The summed E-state index contributed by atoms with van der Waals surface area (Å²) >= 11 is 0. The second kappa shape index (κ2) is 7.24. The van der Waals surface area contributed by atoms with Gasteiger partial charge in [-0.1, -0.05) is 18.2 Å². The van der Waals surface area contributed by atoms with E-state index in [1.807, 2.05) is 29.2 Å². The third kappa shape index (κ3) is 3.40. The molecule has 130 valence electrons. The van der Waals surface area contributed by atoms with Crippen LogP contribution in [0.25, 0.3) is 0 Å². The first-order valence-corrected chi connectivity index (χ1v) is 8.80. The Hall–Kier alpha value is -2.04. The van der Waals surface area contributed by atoms with Gasteiger partial charge < -0.3 is 14.5 Å². The molecule has 1 aromatic rings. The smallest absolute Gasteiger partial charge is 0.228 e. The van der Waals surface area contributed by atoms with E-state index in [1.54, 1.807) is 12.0 Å². The Morgan fingerprint density at radius 1 is 1.29 bits per heavy atom. The van der Waals surface area contributed by atoms with E-state index >= 15 is 0 Å². The SMILES string of the molecule is COc1ccccc1CN1C[C@@H](C(=O)N2CCCC[C@@H]2C)CC1=O. The van der Waals surface area contributed by atoms with Gasteiger partial charge in [0.25, 0.3) is 0 Å². The fraction of sp³-hybridized carbons (Fsp3) is 0.579. The van der Waals surface area contributed by atoms with E-state index in [2.05, 4.69) is 6.92 Å². The number of amides is 2. The fourth-order valence-electron chi connectivity index (χ4n) is 3.79. The molecule has 3 rings (SSSR count). The molecule has 2 fully saturated rings. The van der Waals surface area contributed by atoms with Crippen LogP contribution in [0.1, 0.15) is 38.2 Å². The molecule has 2 saturated heterocycles. The van der Waals surface area contributed by atoms with Crippen LogP contribution in [-0.4, -0.2) is 47.9 Å². The van der Waals surface area contributed by atoms with E-state index in [0.29, 0.717) is 25.6 Å². The predicted octanol–water partition coefficient (Wildman–Crippen LogP) is 2.44. The summed E-state index contributed by atoms with van der Waals surface area (Å²) in [5.41, 5.74) is 0.979. The number of ether oxygens (including phenoxy) is 1. The maximum Gasteiger partial charge on any atom is 0.228 e. The van der Waals surface area contributed by atoms with Gasteiger partial charge >= 0.3 is 0 Å². The van der Waals surface area contributed by atoms with Gasteiger partial charge in [-0.25, -0.2) is 0 Å². The highest BCUT2D eigenvalue weighted by Gasteiger charge is 2.38. The zero-order valence-corrected chi connectivity index (χ0v) is 14.5. The molecule has 2 aliphatic heterocycles. The minimum Gasteiger partial charge on any atom is -0.496 e. The van der Waals surface area contributed by atoms with Crippen molar-refractivity contribution in [2.24, 2.45) is 5.92 Å². The van der Waals surface area contributed by atoms with Gasteiger partial charge in [0.15, 0.2) is 0 Å². The fourth-order valence-corrected chi connectivity index (χ4v) is 3.79. The molecule has 0 aliphatic carbocycles. The van der Waals surface area contributed by atoms with Gasteiger partial charge in [-0.2, -0.15) is 0 Å². The number of hydrogen-bond acceptors (Lipinski definition) is 3. The molecule has 0 bridgehead atoms. The Balaban J connectivity index is 1.66. The summed E-state index contributed by atoms with van der Waals surface area (Å²) < 4.78 is 5.36. The molecule has 5 heteroatoms. The number of nitrogens with zero attached hydrogens (tertiary/aromatic N) is 2. The van der Waals surface area contributed by atoms with Crippen LogP contribution in [0.15, 0.2) is 24.3 Å². The number of carbonyl (C=O) groups is 2. The van der Waals surface area contributed by atoms with E-state index in [4.69, 9.17) is 4.74 Å². The van der Waals surface area contributed by atoms with Gasteiger partial charge in [0.1, 0.15) is 5.75 Å². The third-order valence-electron chi connectivity index (χ3n) is 5.20. The van der Waals surface area contributed by atoms with Crippen molar-refractivity contribution in [2.45, 2.75) is 45.2 Å². The summed E-state index contributed by atoms with van der Waals surface area (Å²) in [6.45, 7) is 3.96. The van der Waals surface area contributed by atoms with Gasteiger partial charge in [-0.15, -0.1) is 0 Å². The van der Waals surface area contributed by atoms with Gasteiger partial charge in [-0.05, 0) is 32.3 Å². The van der Waals surface area contributed by atoms with E-state index < -0.39 is 0 Å². The van der Waals surface area contributed by atoms with Crippen molar-refractivity contribution in [1.82, 2.24) is 9.80 Å². The van der Waals surface area contributed by atoms with E-state index in [0.717, 1.165) is 30.7 Å².